The summed E-state index contributed by atoms with van der Waals surface area (Å²) >= 11 is 0. The number of hydrogen-bond donors (Lipinski definition) is 2. The van der Waals surface area contributed by atoms with E-state index in [1.54, 1.807) is 43.5 Å². The number of carbonyl (C=O) groups is 2. The zero-order valence-electron chi connectivity index (χ0n) is 16.4. The SMILES string of the molecule is COc1ccccc1C=NNC(=O)C(=Cc1ccccc1)NC(=O)c1ccccc1. The molecule has 2 amide bonds. The number of amides is 2. The Balaban J connectivity index is 1.79. The molecule has 0 unspecified atom stereocenters. The van der Waals surface area contributed by atoms with Gasteiger partial charge in [-0.15, -0.1) is 0 Å². The Bertz CT molecular complexity index is 1060. The molecule has 0 bridgehead atoms. The van der Waals surface area contributed by atoms with Gasteiger partial charge in [0.1, 0.15) is 11.4 Å². The van der Waals surface area contributed by atoms with Crippen LogP contribution in [0, 0.1) is 0 Å². The smallest absolute Gasteiger partial charge is 0.287 e. The predicted octanol–water partition coefficient (Wildman–Crippen LogP) is 3.62. The summed E-state index contributed by atoms with van der Waals surface area (Å²) in [7, 11) is 1.56. The van der Waals surface area contributed by atoms with E-state index in [0.29, 0.717) is 16.9 Å². The van der Waals surface area contributed by atoms with Crippen molar-refractivity contribution in [2.75, 3.05) is 7.11 Å². The lowest BCUT2D eigenvalue weighted by Crippen LogP contribution is -2.32. The van der Waals surface area contributed by atoms with Gasteiger partial charge in [0, 0.05) is 11.1 Å². The van der Waals surface area contributed by atoms with Crippen LogP contribution in [-0.2, 0) is 4.79 Å². The van der Waals surface area contributed by atoms with Gasteiger partial charge in [0.05, 0.1) is 13.3 Å². The first-order chi connectivity index (χ1) is 14.7. The van der Waals surface area contributed by atoms with Crippen molar-refractivity contribution in [2.45, 2.75) is 0 Å². The summed E-state index contributed by atoms with van der Waals surface area (Å²) in [5, 5.41) is 6.66. The van der Waals surface area contributed by atoms with Gasteiger partial charge in [0.2, 0.25) is 0 Å². The second-order valence-corrected chi connectivity index (χ2v) is 6.23. The highest BCUT2D eigenvalue weighted by Gasteiger charge is 2.14. The van der Waals surface area contributed by atoms with Crippen LogP contribution in [0.3, 0.4) is 0 Å². The van der Waals surface area contributed by atoms with E-state index >= 15 is 0 Å². The number of methoxy groups -OCH3 is 1. The van der Waals surface area contributed by atoms with Crippen LogP contribution in [0.2, 0.25) is 0 Å². The van der Waals surface area contributed by atoms with Crippen LogP contribution < -0.4 is 15.5 Å². The third-order valence-corrected chi connectivity index (χ3v) is 4.15. The average Bonchev–Trinajstić information content (AvgIpc) is 2.80. The number of rotatable bonds is 7. The van der Waals surface area contributed by atoms with E-state index in [1.807, 2.05) is 54.6 Å². The largest absolute Gasteiger partial charge is 0.496 e. The van der Waals surface area contributed by atoms with E-state index in [2.05, 4.69) is 15.8 Å². The lowest BCUT2D eigenvalue weighted by atomic mass is 10.1. The van der Waals surface area contributed by atoms with E-state index < -0.39 is 5.91 Å². The van der Waals surface area contributed by atoms with Gasteiger partial charge in [-0.05, 0) is 35.9 Å². The number of nitrogens with zero attached hydrogens (tertiary/aromatic N) is 1. The first-order valence-corrected chi connectivity index (χ1v) is 9.27. The van der Waals surface area contributed by atoms with E-state index in [0.717, 1.165) is 5.56 Å². The molecular weight excluding hydrogens is 378 g/mol. The zero-order chi connectivity index (χ0) is 21.2. The lowest BCUT2D eigenvalue weighted by Gasteiger charge is -2.09. The van der Waals surface area contributed by atoms with Crippen molar-refractivity contribution in [3.05, 3.63) is 107 Å². The van der Waals surface area contributed by atoms with Crippen LogP contribution in [0.15, 0.2) is 95.7 Å². The minimum atomic E-state index is -0.547. The van der Waals surface area contributed by atoms with Crippen LogP contribution >= 0.6 is 0 Å². The maximum atomic E-state index is 12.7. The number of hydrazone groups is 1. The summed E-state index contributed by atoms with van der Waals surface area (Å²) in [5.41, 5.74) is 4.45. The highest BCUT2D eigenvalue weighted by Crippen LogP contribution is 2.14. The van der Waals surface area contributed by atoms with Gasteiger partial charge >= 0.3 is 0 Å². The molecular formula is C24H21N3O3. The number of carbonyl (C=O) groups excluding carboxylic acids is 2. The van der Waals surface area contributed by atoms with Crippen LogP contribution in [-0.4, -0.2) is 25.1 Å². The number of nitrogens with one attached hydrogen (secondary N) is 2. The van der Waals surface area contributed by atoms with Crippen molar-refractivity contribution >= 4 is 24.1 Å². The van der Waals surface area contributed by atoms with Crippen molar-refractivity contribution in [3.63, 3.8) is 0 Å². The first kappa shape index (κ1) is 20.5. The number of ether oxygens (including phenoxy) is 1. The Morgan fingerprint density at radius 2 is 1.50 bits per heavy atom. The molecule has 0 spiro atoms. The predicted molar refractivity (Wildman–Crippen MR) is 117 cm³/mol. The van der Waals surface area contributed by atoms with Gasteiger partial charge in [-0.25, -0.2) is 5.43 Å². The lowest BCUT2D eigenvalue weighted by molar-refractivity contribution is -0.117. The summed E-state index contributed by atoms with van der Waals surface area (Å²) in [5.74, 6) is -0.302. The average molecular weight is 399 g/mol. The zero-order valence-corrected chi connectivity index (χ0v) is 16.4. The second kappa shape index (κ2) is 10.4. The maximum Gasteiger partial charge on any atom is 0.287 e. The topological polar surface area (TPSA) is 79.8 Å². The number of para-hydroxylation sites is 1. The second-order valence-electron chi connectivity index (χ2n) is 6.23. The monoisotopic (exact) mass is 399 g/mol. The molecule has 6 nitrogen and oxygen atoms in total. The Labute approximate surface area is 174 Å². The van der Waals surface area contributed by atoms with Crippen molar-refractivity contribution in [1.29, 1.82) is 0 Å². The fraction of sp³-hybridized carbons (Fsp3) is 0.0417. The minimum Gasteiger partial charge on any atom is -0.496 e. The highest BCUT2D eigenvalue weighted by atomic mass is 16.5. The molecule has 0 aliphatic rings. The van der Waals surface area contributed by atoms with Gasteiger partial charge in [0.15, 0.2) is 0 Å². The Hall–Kier alpha value is -4.19. The van der Waals surface area contributed by atoms with Crippen molar-refractivity contribution < 1.29 is 14.3 Å². The molecule has 3 aromatic rings. The first-order valence-electron chi connectivity index (χ1n) is 9.27. The molecule has 30 heavy (non-hydrogen) atoms. The molecule has 150 valence electrons. The van der Waals surface area contributed by atoms with Gasteiger partial charge in [-0.3, -0.25) is 9.59 Å². The third-order valence-electron chi connectivity index (χ3n) is 4.15. The minimum absolute atomic E-state index is 0.0761. The molecule has 0 saturated heterocycles. The molecule has 6 heteroatoms. The normalized spacial score (nSPS) is 11.2. The standard InChI is InChI=1S/C24H21N3O3/c1-30-22-15-9-8-14-20(22)17-25-27-24(29)21(16-18-10-4-2-5-11-18)26-23(28)19-12-6-3-7-13-19/h2-17H,1H3,(H,26,28)(H,27,29). The van der Waals surface area contributed by atoms with Gasteiger partial charge < -0.3 is 10.1 Å². The van der Waals surface area contributed by atoms with Crippen LogP contribution in [0.4, 0.5) is 0 Å². The van der Waals surface area contributed by atoms with Crippen molar-refractivity contribution in [2.24, 2.45) is 5.10 Å². The quantitative estimate of drug-likeness (QED) is 0.362. The summed E-state index contributed by atoms with van der Waals surface area (Å²) in [6, 6.07) is 25.2. The summed E-state index contributed by atoms with van der Waals surface area (Å²) in [6.45, 7) is 0. The van der Waals surface area contributed by atoms with Crippen molar-refractivity contribution in [3.8, 4) is 5.75 Å². The molecule has 0 aliphatic carbocycles. The molecule has 0 aliphatic heterocycles. The van der Waals surface area contributed by atoms with Crippen LogP contribution in [0.25, 0.3) is 6.08 Å². The molecule has 2 N–H and O–H groups in total. The molecule has 3 aromatic carbocycles. The fourth-order valence-corrected chi connectivity index (χ4v) is 2.65. The van der Waals surface area contributed by atoms with Crippen LogP contribution in [0.1, 0.15) is 21.5 Å². The molecule has 3 rings (SSSR count). The Morgan fingerprint density at radius 3 is 2.20 bits per heavy atom. The fourth-order valence-electron chi connectivity index (χ4n) is 2.65. The molecule has 0 aromatic heterocycles. The molecule has 0 heterocycles. The Morgan fingerprint density at radius 1 is 0.867 bits per heavy atom. The molecule has 0 atom stereocenters. The highest BCUT2D eigenvalue weighted by molar-refractivity contribution is 6.05. The van der Waals surface area contributed by atoms with E-state index in [-0.39, 0.29) is 11.6 Å². The van der Waals surface area contributed by atoms with E-state index in [4.69, 9.17) is 4.74 Å². The maximum absolute atomic E-state index is 12.7. The molecule has 0 saturated carbocycles. The summed E-state index contributed by atoms with van der Waals surface area (Å²) < 4.78 is 5.26. The third kappa shape index (κ3) is 5.65. The van der Waals surface area contributed by atoms with Gasteiger partial charge in [0.25, 0.3) is 11.8 Å². The molecule has 0 radical (unpaired) electrons. The number of hydrogen-bond acceptors (Lipinski definition) is 4. The summed E-state index contributed by atoms with van der Waals surface area (Å²) in [6.07, 6.45) is 3.07. The molecule has 0 fully saturated rings. The number of benzene rings is 3. The van der Waals surface area contributed by atoms with Gasteiger partial charge in [-0.1, -0.05) is 60.7 Å². The van der Waals surface area contributed by atoms with Gasteiger partial charge in [-0.2, -0.15) is 5.10 Å². The van der Waals surface area contributed by atoms with E-state index in [9.17, 15) is 9.59 Å². The summed E-state index contributed by atoms with van der Waals surface area (Å²) in [4.78, 5) is 25.3. The Kier molecular flexibility index (Phi) is 7.11. The van der Waals surface area contributed by atoms with E-state index in [1.165, 1.54) is 6.21 Å². The van der Waals surface area contributed by atoms with Crippen molar-refractivity contribution in [1.82, 2.24) is 10.7 Å². The van der Waals surface area contributed by atoms with Crippen LogP contribution in [0.5, 0.6) is 5.75 Å².